The molecule has 0 aliphatic carbocycles. The van der Waals surface area contributed by atoms with E-state index in [1.807, 2.05) is 0 Å². The maximum atomic E-state index is 11.1. The molecule has 154 valence electrons. The Labute approximate surface area is 157 Å². The average molecular weight is 438 g/mol. The Hall–Kier alpha value is -0.320. The van der Waals surface area contributed by atoms with E-state index < -0.39 is 57.7 Å². The molecule has 26 heavy (non-hydrogen) atoms. The van der Waals surface area contributed by atoms with Gasteiger partial charge >= 0.3 is 10.4 Å². The van der Waals surface area contributed by atoms with Crippen molar-refractivity contribution in [1.29, 1.82) is 0 Å². The molecule has 0 radical (unpaired) electrons. The molecular weight excluding hydrogens is 414 g/mol. The molecule has 0 bridgehead atoms. The van der Waals surface area contributed by atoms with Crippen molar-refractivity contribution < 1.29 is 46.6 Å². The zero-order valence-electron chi connectivity index (χ0n) is 13.9. The highest BCUT2D eigenvalue weighted by Gasteiger charge is 2.44. The predicted molar refractivity (Wildman–Crippen MR) is 94.2 cm³/mol. The number of hydrogen-bond donors (Lipinski definition) is 5. The Morgan fingerprint density at radius 3 is 2.42 bits per heavy atom. The number of aliphatic hydroxyl groups excluding tert-OH is 4. The number of oxime groups is 1. The van der Waals surface area contributed by atoms with E-state index in [9.17, 15) is 27.9 Å². The third-order valence-electron chi connectivity index (χ3n) is 3.41. The van der Waals surface area contributed by atoms with Gasteiger partial charge in [0.25, 0.3) is 0 Å². The van der Waals surface area contributed by atoms with Gasteiger partial charge in [0.05, 0.1) is 6.61 Å². The largest absolute Gasteiger partial charge is 0.466 e. The van der Waals surface area contributed by atoms with E-state index >= 15 is 0 Å². The van der Waals surface area contributed by atoms with Crippen LogP contribution in [0.5, 0.6) is 0 Å². The zero-order valence-corrected chi connectivity index (χ0v) is 16.3. The summed E-state index contributed by atoms with van der Waals surface area (Å²) < 4.78 is 50.4. The highest BCUT2D eigenvalue weighted by atomic mass is 32.3. The maximum Gasteiger partial charge on any atom is 0.466 e. The van der Waals surface area contributed by atoms with Crippen molar-refractivity contribution in [2.24, 2.45) is 5.16 Å². The lowest BCUT2D eigenvalue weighted by Crippen LogP contribution is -2.57. The first kappa shape index (κ1) is 23.7. The second-order valence-corrected chi connectivity index (χ2v) is 9.27. The molecule has 0 aromatic rings. The zero-order chi connectivity index (χ0) is 19.9. The number of ether oxygens (including phenoxy) is 1. The Kier molecular flexibility index (Phi) is 9.92. The topological polar surface area (TPSA) is 183 Å². The molecule has 5 N–H and O–H groups in total. The molecule has 11 nitrogen and oxygen atoms in total. The summed E-state index contributed by atoms with van der Waals surface area (Å²) in [4.78, 5) is 0. The van der Waals surface area contributed by atoms with E-state index in [0.29, 0.717) is 18.6 Å². The van der Waals surface area contributed by atoms with Crippen LogP contribution in [0.1, 0.15) is 19.3 Å². The number of thioether (sulfide) groups is 1. The first-order chi connectivity index (χ1) is 12.0. The van der Waals surface area contributed by atoms with Gasteiger partial charge in [0.1, 0.15) is 34.9 Å². The third kappa shape index (κ3) is 8.14. The van der Waals surface area contributed by atoms with Crippen LogP contribution in [0, 0.1) is 0 Å². The lowest BCUT2D eigenvalue weighted by atomic mass is 10.0. The first-order valence-corrected chi connectivity index (χ1v) is 11.5. The molecule has 1 saturated heterocycles. The molecule has 0 saturated carbocycles. The van der Waals surface area contributed by atoms with Crippen LogP contribution < -0.4 is 0 Å². The fourth-order valence-electron chi connectivity index (χ4n) is 2.10. The molecule has 0 spiro atoms. The molecule has 1 fully saturated rings. The van der Waals surface area contributed by atoms with Gasteiger partial charge in [0.2, 0.25) is 0 Å². The van der Waals surface area contributed by atoms with E-state index in [-0.39, 0.29) is 11.5 Å². The molecule has 0 amide bonds. The quantitative estimate of drug-likeness (QED) is 0.0901. The van der Waals surface area contributed by atoms with E-state index in [2.05, 4.69) is 9.44 Å². The van der Waals surface area contributed by atoms with Crippen molar-refractivity contribution in [2.75, 3.05) is 18.6 Å². The van der Waals surface area contributed by atoms with Crippen LogP contribution in [-0.4, -0.2) is 91.1 Å². The summed E-state index contributed by atoms with van der Waals surface area (Å²) in [5, 5.41) is 42.0. The maximum absolute atomic E-state index is 11.1. The van der Waals surface area contributed by atoms with Crippen molar-refractivity contribution >= 4 is 38.0 Å². The van der Waals surface area contributed by atoms with Crippen molar-refractivity contribution in [3.05, 3.63) is 0 Å². The monoisotopic (exact) mass is 437 g/mol. The number of nitrogens with zero attached hydrogens (tertiary/aromatic N) is 1. The molecule has 1 aliphatic rings. The standard InChI is InChI=1S/C12H23NO10S3/c1-25(18)5-3-2-4-8(13-23-26(19,20)21)24-12-11(17)10(16)9(15)7(6-14)22-12/h7,9-12,14-17H,2-6H2,1H3,(H,19,20,21)/b13-8+/t7-,9+,10+,11+,12-,25+/m0/s1. The van der Waals surface area contributed by atoms with Crippen LogP contribution in [0.4, 0.5) is 0 Å². The van der Waals surface area contributed by atoms with Gasteiger partial charge in [-0.25, -0.2) is 4.28 Å². The normalized spacial score (nSPS) is 31.6. The van der Waals surface area contributed by atoms with Crippen LogP contribution in [0.2, 0.25) is 0 Å². The lowest BCUT2D eigenvalue weighted by molar-refractivity contribution is -0.205. The second-order valence-electron chi connectivity index (χ2n) is 5.54. The van der Waals surface area contributed by atoms with Crippen LogP contribution >= 0.6 is 11.8 Å². The smallest absolute Gasteiger partial charge is 0.394 e. The van der Waals surface area contributed by atoms with Crippen molar-refractivity contribution in [3.63, 3.8) is 0 Å². The minimum absolute atomic E-state index is 0.0221. The van der Waals surface area contributed by atoms with Gasteiger partial charge in [0.15, 0.2) is 0 Å². The minimum atomic E-state index is -4.83. The second kappa shape index (κ2) is 10.9. The molecule has 1 heterocycles. The Morgan fingerprint density at radius 1 is 1.23 bits per heavy atom. The van der Waals surface area contributed by atoms with Gasteiger partial charge in [-0.3, -0.25) is 8.76 Å². The Morgan fingerprint density at radius 2 is 1.88 bits per heavy atom. The summed E-state index contributed by atoms with van der Waals surface area (Å²) >= 11 is 0.717. The highest BCUT2D eigenvalue weighted by molar-refractivity contribution is 8.14. The molecular formula is C12H23NO10S3. The number of hydrogen-bond acceptors (Lipinski definition) is 11. The molecule has 14 heteroatoms. The summed E-state index contributed by atoms with van der Waals surface area (Å²) in [6.07, 6.45) is -3.09. The Balaban J connectivity index is 2.80. The fraction of sp³-hybridized carbons (Fsp3) is 0.917. The number of aliphatic hydroxyl groups is 4. The van der Waals surface area contributed by atoms with Crippen LogP contribution in [0.25, 0.3) is 0 Å². The average Bonchev–Trinajstić information content (AvgIpc) is 2.55. The first-order valence-electron chi connectivity index (χ1n) is 7.55. The van der Waals surface area contributed by atoms with Crippen LogP contribution in [0.15, 0.2) is 5.16 Å². The van der Waals surface area contributed by atoms with E-state index in [4.69, 9.17) is 14.4 Å². The summed E-state index contributed by atoms with van der Waals surface area (Å²) in [5.74, 6) is 0.428. The van der Waals surface area contributed by atoms with Gasteiger partial charge in [-0.2, -0.15) is 8.42 Å². The van der Waals surface area contributed by atoms with Gasteiger partial charge in [-0.15, -0.1) is 0 Å². The van der Waals surface area contributed by atoms with Gasteiger partial charge in [-0.1, -0.05) is 16.9 Å². The highest BCUT2D eigenvalue weighted by Crippen LogP contribution is 2.30. The van der Waals surface area contributed by atoms with E-state index in [0.717, 1.165) is 11.8 Å². The Bertz CT molecular complexity index is 596. The minimum Gasteiger partial charge on any atom is -0.394 e. The predicted octanol–water partition coefficient (Wildman–Crippen LogP) is -1.80. The fourth-order valence-corrected chi connectivity index (χ4v) is 4.05. The molecule has 0 aromatic carbocycles. The summed E-state index contributed by atoms with van der Waals surface area (Å²) in [7, 11) is -5.83. The van der Waals surface area contributed by atoms with Crippen molar-refractivity contribution in [1.82, 2.24) is 0 Å². The molecule has 0 aromatic heterocycles. The van der Waals surface area contributed by atoms with E-state index in [1.165, 1.54) is 0 Å². The SMILES string of the molecule is C[S@@](=O)CCCC/C(=N\OS(=O)(=O)O)S[C@@H]1O[C@@H](CO)[C@@H](O)[C@@H](O)[C@H]1O. The number of unbranched alkanes of at least 4 members (excludes halogenated alkanes) is 1. The molecule has 6 atom stereocenters. The van der Waals surface area contributed by atoms with Gasteiger partial charge in [0, 0.05) is 22.8 Å². The van der Waals surface area contributed by atoms with Gasteiger partial charge in [-0.05, 0) is 19.3 Å². The lowest BCUT2D eigenvalue weighted by Gasteiger charge is -2.39. The number of rotatable bonds is 9. The van der Waals surface area contributed by atoms with Gasteiger partial charge < -0.3 is 25.2 Å². The molecule has 1 aliphatic heterocycles. The summed E-state index contributed by atoms with van der Waals surface area (Å²) in [5.41, 5.74) is -1.17. The van der Waals surface area contributed by atoms with Crippen LogP contribution in [0.3, 0.4) is 0 Å². The molecule has 1 rings (SSSR count). The molecule has 0 unspecified atom stereocenters. The summed E-state index contributed by atoms with van der Waals surface area (Å²) in [6, 6.07) is 0. The van der Waals surface area contributed by atoms with E-state index in [1.54, 1.807) is 6.26 Å². The van der Waals surface area contributed by atoms with Crippen molar-refractivity contribution in [3.8, 4) is 0 Å². The third-order valence-corrected chi connectivity index (χ3v) is 5.71. The summed E-state index contributed by atoms with van der Waals surface area (Å²) in [6.45, 7) is -0.613. The van der Waals surface area contributed by atoms with Crippen LogP contribution in [-0.2, 0) is 30.2 Å². The van der Waals surface area contributed by atoms with Crippen molar-refractivity contribution in [2.45, 2.75) is 49.1 Å².